The molecule has 4 heterocycles. The van der Waals surface area contributed by atoms with Crippen molar-refractivity contribution in [3.05, 3.63) is 54.6 Å². The molecule has 1 spiro atoms. The van der Waals surface area contributed by atoms with Crippen LogP contribution in [0.1, 0.15) is 5.56 Å². The number of anilines is 1. The fourth-order valence-corrected chi connectivity index (χ4v) is 4.69. The number of hydrogen-bond acceptors (Lipinski definition) is 6. The maximum atomic E-state index is 13.1. The Bertz CT molecular complexity index is 974. The van der Waals surface area contributed by atoms with Crippen LogP contribution in [-0.4, -0.2) is 70.0 Å². The van der Waals surface area contributed by atoms with Gasteiger partial charge in [-0.1, -0.05) is 24.3 Å². The van der Waals surface area contributed by atoms with Crippen LogP contribution >= 0.6 is 0 Å². The summed E-state index contributed by atoms with van der Waals surface area (Å²) in [5.41, 5.74) is 1.03. The van der Waals surface area contributed by atoms with E-state index in [4.69, 9.17) is 9.47 Å². The van der Waals surface area contributed by atoms with Crippen molar-refractivity contribution in [2.24, 2.45) is 11.8 Å². The number of hydrogen-bond donors (Lipinski definition) is 1. The summed E-state index contributed by atoms with van der Waals surface area (Å²) >= 11 is 0. The van der Waals surface area contributed by atoms with Crippen molar-refractivity contribution in [3.8, 4) is 0 Å². The molecule has 30 heavy (non-hydrogen) atoms. The number of methoxy groups -OCH3 is 1. The second-order valence-electron chi connectivity index (χ2n) is 7.93. The van der Waals surface area contributed by atoms with Crippen LogP contribution < -0.4 is 5.32 Å². The van der Waals surface area contributed by atoms with Gasteiger partial charge in [0.05, 0.1) is 37.6 Å². The summed E-state index contributed by atoms with van der Waals surface area (Å²) in [5.74, 6) is -1.26. The highest BCUT2D eigenvalue weighted by atomic mass is 16.5. The summed E-state index contributed by atoms with van der Waals surface area (Å²) in [7, 11) is 1.61. The molecule has 9 nitrogen and oxygen atoms in total. The van der Waals surface area contributed by atoms with Crippen LogP contribution in [0, 0.1) is 11.8 Å². The molecule has 2 fully saturated rings. The molecule has 1 aromatic heterocycles. The largest absolute Gasteiger partial charge is 0.383 e. The first kappa shape index (κ1) is 19.0. The van der Waals surface area contributed by atoms with Gasteiger partial charge in [0.2, 0.25) is 11.8 Å². The van der Waals surface area contributed by atoms with Gasteiger partial charge in [-0.05, 0) is 17.7 Å². The van der Waals surface area contributed by atoms with Crippen LogP contribution in [0.5, 0.6) is 0 Å². The fraction of sp³-hybridized carbons (Fsp3) is 0.429. The number of amides is 2. The molecule has 1 aromatic carbocycles. The third-order valence-electron chi connectivity index (χ3n) is 6.08. The molecule has 156 valence electrons. The zero-order chi connectivity index (χ0) is 20.7. The van der Waals surface area contributed by atoms with Crippen LogP contribution in [0.25, 0.3) is 0 Å². The Balaban J connectivity index is 1.28. The molecule has 2 bridgehead atoms. The van der Waals surface area contributed by atoms with Gasteiger partial charge in [-0.25, -0.2) is 9.67 Å². The third kappa shape index (κ3) is 3.10. The van der Waals surface area contributed by atoms with Crippen LogP contribution in [0.4, 0.5) is 5.69 Å². The van der Waals surface area contributed by atoms with E-state index < -0.39 is 17.4 Å². The number of nitrogens with one attached hydrogen (secondary N) is 1. The minimum atomic E-state index is -0.695. The van der Waals surface area contributed by atoms with Crippen molar-refractivity contribution in [2.75, 3.05) is 32.1 Å². The van der Waals surface area contributed by atoms with E-state index in [0.717, 1.165) is 5.56 Å². The Kier molecular flexibility index (Phi) is 4.63. The molecule has 3 aliphatic heterocycles. The Hall–Kier alpha value is -3.04. The third-order valence-corrected chi connectivity index (χ3v) is 6.08. The molecule has 3 aliphatic rings. The number of fused-ring (bicyclic) bond motifs is 1. The topological polar surface area (TPSA) is 98.6 Å². The Morgan fingerprint density at radius 2 is 2.20 bits per heavy atom. The van der Waals surface area contributed by atoms with E-state index in [9.17, 15) is 9.59 Å². The minimum absolute atomic E-state index is 0.0396. The van der Waals surface area contributed by atoms with Crippen molar-refractivity contribution in [2.45, 2.75) is 18.2 Å². The molecule has 2 saturated heterocycles. The molecular formula is C21H23N5O4. The van der Waals surface area contributed by atoms with E-state index in [-0.39, 0.29) is 17.9 Å². The summed E-state index contributed by atoms with van der Waals surface area (Å²) in [5, 5.41) is 7.05. The molecule has 4 atom stereocenters. The van der Waals surface area contributed by atoms with E-state index in [1.54, 1.807) is 23.0 Å². The minimum Gasteiger partial charge on any atom is -0.383 e. The summed E-state index contributed by atoms with van der Waals surface area (Å²) in [6, 6.07) is 7.57. The highest BCUT2D eigenvalue weighted by Gasteiger charge is 2.66. The lowest BCUT2D eigenvalue weighted by atomic mass is 9.77. The monoisotopic (exact) mass is 409 g/mol. The van der Waals surface area contributed by atoms with Crippen molar-refractivity contribution < 1.29 is 19.1 Å². The second kappa shape index (κ2) is 7.33. The first-order chi connectivity index (χ1) is 14.6. The van der Waals surface area contributed by atoms with E-state index in [1.165, 1.54) is 6.33 Å². The molecule has 0 saturated carbocycles. The fourth-order valence-electron chi connectivity index (χ4n) is 4.69. The molecule has 5 rings (SSSR count). The maximum Gasteiger partial charge on any atom is 0.231 e. The number of carbonyl (C=O) groups is 2. The van der Waals surface area contributed by atoms with Gasteiger partial charge in [-0.2, -0.15) is 5.10 Å². The molecule has 0 radical (unpaired) electrons. The lowest BCUT2D eigenvalue weighted by molar-refractivity contribution is -0.136. The van der Waals surface area contributed by atoms with E-state index >= 15 is 0 Å². The summed E-state index contributed by atoms with van der Waals surface area (Å²) in [6.45, 7) is 2.03. The van der Waals surface area contributed by atoms with Crippen LogP contribution in [0.2, 0.25) is 0 Å². The zero-order valence-corrected chi connectivity index (χ0v) is 16.6. The Labute approximate surface area is 173 Å². The summed E-state index contributed by atoms with van der Waals surface area (Å²) in [6.07, 6.45) is 6.65. The van der Waals surface area contributed by atoms with Gasteiger partial charge in [-0.3, -0.25) is 9.59 Å². The van der Waals surface area contributed by atoms with Gasteiger partial charge in [-0.15, -0.1) is 0 Å². The highest BCUT2D eigenvalue weighted by Crippen LogP contribution is 2.52. The quantitative estimate of drug-likeness (QED) is 0.676. The number of nitrogens with zero attached hydrogens (tertiary/aromatic N) is 4. The normalized spacial score (nSPS) is 28.9. The van der Waals surface area contributed by atoms with E-state index in [1.807, 2.05) is 36.4 Å². The lowest BCUT2D eigenvalue weighted by Gasteiger charge is -2.23. The van der Waals surface area contributed by atoms with Crippen molar-refractivity contribution in [1.29, 1.82) is 0 Å². The van der Waals surface area contributed by atoms with Crippen molar-refractivity contribution in [1.82, 2.24) is 19.7 Å². The molecule has 0 unspecified atom stereocenters. The van der Waals surface area contributed by atoms with E-state index in [2.05, 4.69) is 15.4 Å². The van der Waals surface area contributed by atoms with Gasteiger partial charge in [0.15, 0.2) is 0 Å². The van der Waals surface area contributed by atoms with Gasteiger partial charge in [0, 0.05) is 19.3 Å². The average Bonchev–Trinajstić information content (AvgIpc) is 3.51. The Morgan fingerprint density at radius 3 is 2.93 bits per heavy atom. The standard InChI is InChI=1S/C21H23N5O4/c1-29-9-8-25-11-21-7-6-16(30-21)17(18(21)20(25)28)19(27)24-15-4-2-14(3-5-15)10-26-13-22-12-23-26/h2-7,12-13,16-18H,8-11H2,1H3,(H,24,27)/t16-,17-,18-,21-/m1/s1. The van der Waals surface area contributed by atoms with Crippen LogP contribution in [0.15, 0.2) is 49.1 Å². The predicted octanol–water partition coefficient (Wildman–Crippen LogP) is 0.693. The molecular weight excluding hydrogens is 386 g/mol. The highest BCUT2D eigenvalue weighted by molar-refractivity contribution is 5.99. The second-order valence-corrected chi connectivity index (χ2v) is 7.93. The van der Waals surface area contributed by atoms with Gasteiger partial charge < -0.3 is 19.7 Å². The summed E-state index contributed by atoms with van der Waals surface area (Å²) < 4.78 is 13.0. The van der Waals surface area contributed by atoms with Crippen LogP contribution in [-0.2, 0) is 25.6 Å². The SMILES string of the molecule is COCCN1C[C@@]23C=C[C@@H](O2)[C@@H](C(=O)Nc2ccc(Cn4cncn4)cc2)[C@@H]3C1=O. The number of carbonyl (C=O) groups excluding carboxylic acids is 2. The molecule has 2 amide bonds. The van der Waals surface area contributed by atoms with Gasteiger partial charge in [0.1, 0.15) is 18.3 Å². The molecule has 0 aliphatic carbocycles. The first-order valence-corrected chi connectivity index (χ1v) is 9.97. The predicted molar refractivity (Wildman–Crippen MR) is 106 cm³/mol. The van der Waals surface area contributed by atoms with Gasteiger partial charge in [0.25, 0.3) is 0 Å². The lowest BCUT2D eigenvalue weighted by Crippen LogP contribution is -2.41. The number of rotatable bonds is 7. The van der Waals surface area contributed by atoms with Crippen molar-refractivity contribution in [3.63, 3.8) is 0 Å². The number of ether oxygens (including phenoxy) is 2. The smallest absolute Gasteiger partial charge is 0.231 e. The zero-order valence-electron chi connectivity index (χ0n) is 16.6. The molecule has 1 N–H and O–H groups in total. The number of benzene rings is 1. The number of aromatic nitrogens is 3. The first-order valence-electron chi connectivity index (χ1n) is 9.97. The number of likely N-dealkylation sites (tertiary alicyclic amines) is 1. The van der Waals surface area contributed by atoms with Gasteiger partial charge >= 0.3 is 0 Å². The summed E-state index contributed by atoms with van der Waals surface area (Å²) in [4.78, 5) is 31.8. The molecule has 9 heteroatoms. The Morgan fingerprint density at radius 1 is 1.37 bits per heavy atom. The van der Waals surface area contributed by atoms with Crippen molar-refractivity contribution >= 4 is 17.5 Å². The molecule has 2 aromatic rings. The average molecular weight is 409 g/mol. The van der Waals surface area contributed by atoms with Crippen LogP contribution in [0.3, 0.4) is 0 Å². The van der Waals surface area contributed by atoms with E-state index in [0.29, 0.717) is 31.9 Å². The maximum absolute atomic E-state index is 13.1.